The van der Waals surface area contributed by atoms with Gasteiger partial charge in [0.25, 0.3) is 11.5 Å². The molecule has 1 amide bonds. The fourth-order valence-electron chi connectivity index (χ4n) is 3.95. The van der Waals surface area contributed by atoms with Crippen molar-refractivity contribution in [1.29, 1.82) is 0 Å². The Morgan fingerprint density at radius 1 is 1.04 bits per heavy atom. The Kier molecular flexibility index (Phi) is 6.80. The Bertz CT molecular complexity index is 866. The third-order valence-corrected chi connectivity index (χ3v) is 5.47. The zero-order chi connectivity index (χ0) is 20.1. The van der Waals surface area contributed by atoms with Crippen molar-refractivity contribution in [3.63, 3.8) is 0 Å². The van der Waals surface area contributed by atoms with E-state index in [1.165, 1.54) is 4.68 Å². The minimum atomic E-state index is -0.179. The number of hydrogen-bond donors (Lipinski definition) is 0. The summed E-state index contributed by atoms with van der Waals surface area (Å²) in [6, 6.07) is 7.76. The van der Waals surface area contributed by atoms with E-state index >= 15 is 0 Å². The van der Waals surface area contributed by atoms with Gasteiger partial charge in [0.2, 0.25) is 0 Å². The Balaban J connectivity index is 0.00000109. The zero-order valence-corrected chi connectivity index (χ0v) is 17.1. The lowest BCUT2D eigenvalue weighted by atomic mass is 10.1. The molecule has 152 valence electrons. The van der Waals surface area contributed by atoms with Crippen molar-refractivity contribution >= 4 is 16.7 Å². The molecule has 0 N–H and O–H groups in total. The molecule has 28 heavy (non-hydrogen) atoms. The highest BCUT2D eigenvalue weighted by atomic mass is 16.5. The Morgan fingerprint density at radius 2 is 1.64 bits per heavy atom. The normalized spacial score (nSPS) is 18.6. The summed E-state index contributed by atoms with van der Waals surface area (Å²) in [5.41, 5.74) is 0.184. The van der Waals surface area contributed by atoms with E-state index in [9.17, 15) is 9.59 Å². The van der Waals surface area contributed by atoms with Gasteiger partial charge in [0.05, 0.1) is 5.39 Å². The SMILES string of the molecule is CC.Cn1nc(C(=O)N2CCN(C3CCOCC3)CC2)c2ccccc2c1=O. The minimum absolute atomic E-state index is 0.0940. The van der Waals surface area contributed by atoms with Gasteiger partial charge in [0.1, 0.15) is 0 Å². The van der Waals surface area contributed by atoms with E-state index in [1.54, 1.807) is 19.2 Å². The van der Waals surface area contributed by atoms with Gasteiger partial charge < -0.3 is 9.64 Å². The van der Waals surface area contributed by atoms with Crippen LogP contribution < -0.4 is 5.56 Å². The van der Waals surface area contributed by atoms with Crippen molar-refractivity contribution < 1.29 is 9.53 Å². The molecule has 0 unspecified atom stereocenters. The van der Waals surface area contributed by atoms with Gasteiger partial charge in [0, 0.05) is 57.9 Å². The van der Waals surface area contributed by atoms with Crippen molar-refractivity contribution in [1.82, 2.24) is 19.6 Å². The van der Waals surface area contributed by atoms with Crippen LogP contribution in [0.3, 0.4) is 0 Å². The second kappa shape index (κ2) is 9.30. The van der Waals surface area contributed by atoms with Crippen LogP contribution in [0.2, 0.25) is 0 Å². The molecule has 7 heteroatoms. The third-order valence-electron chi connectivity index (χ3n) is 5.47. The van der Waals surface area contributed by atoms with Crippen LogP contribution in [0.25, 0.3) is 10.8 Å². The first-order chi connectivity index (χ1) is 13.6. The molecular weight excluding hydrogens is 356 g/mol. The Labute approximate surface area is 165 Å². The summed E-state index contributed by atoms with van der Waals surface area (Å²) in [6.45, 7) is 8.79. The average molecular weight is 386 g/mol. The smallest absolute Gasteiger partial charge is 0.275 e. The molecule has 0 atom stereocenters. The molecule has 0 bridgehead atoms. The van der Waals surface area contributed by atoms with Crippen LogP contribution in [-0.4, -0.2) is 70.9 Å². The van der Waals surface area contributed by atoms with Crippen molar-refractivity contribution in [2.75, 3.05) is 39.4 Å². The summed E-state index contributed by atoms with van der Waals surface area (Å²) < 4.78 is 6.70. The molecule has 2 aromatic rings. The second-order valence-corrected chi connectivity index (χ2v) is 6.99. The lowest BCUT2D eigenvalue weighted by Gasteiger charge is -2.40. The lowest BCUT2D eigenvalue weighted by molar-refractivity contribution is 0.0136. The van der Waals surface area contributed by atoms with Crippen LogP contribution >= 0.6 is 0 Å². The van der Waals surface area contributed by atoms with E-state index in [0.29, 0.717) is 35.6 Å². The largest absolute Gasteiger partial charge is 0.381 e. The molecule has 4 rings (SSSR count). The highest BCUT2D eigenvalue weighted by Crippen LogP contribution is 2.19. The van der Waals surface area contributed by atoms with Crippen molar-refractivity contribution in [2.45, 2.75) is 32.7 Å². The molecule has 7 nitrogen and oxygen atoms in total. The fourth-order valence-corrected chi connectivity index (χ4v) is 3.95. The minimum Gasteiger partial charge on any atom is -0.381 e. The number of piperazine rings is 1. The van der Waals surface area contributed by atoms with Gasteiger partial charge in [-0.15, -0.1) is 0 Å². The number of benzene rings is 1. The molecule has 0 spiro atoms. The van der Waals surface area contributed by atoms with Crippen LogP contribution in [0.15, 0.2) is 29.1 Å². The van der Waals surface area contributed by atoms with Crippen LogP contribution in [0.1, 0.15) is 37.2 Å². The van der Waals surface area contributed by atoms with Crippen molar-refractivity contribution in [3.8, 4) is 0 Å². The maximum Gasteiger partial charge on any atom is 0.275 e. The predicted molar refractivity (Wildman–Crippen MR) is 110 cm³/mol. The number of carbonyl (C=O) groups excluding carboxylic acids is 1. The molecule has 0 saturated carbocycles. The molecule has 2 aliphatic rings. The number of nitrogens with zero attached hydrogens (tertiary/aromatic N) is 4. The van der Waals surface area contributed by atoms with Gasteiger partial charge in [-0.2, -0.15) is 5.10 Å². The van der Waals surface area contributed by atoms with Gasteiger partial charge in [-0.05, 0) is 18.9 Å². The fraction of sp³-hybridized carbons (Fsp3) is 0.571. The van der Waals surface area contributed by atoms with Gasteiger partial charge in [-0.1, -0.05) is 32.0 Å². The number of carbonyl (C=O) groups is 1. The first kappa shape index (κ1) is 20.5. The second-order valence-electron chi connectivity index (χ2n) is 6.99. The Hall–Kier alpha value is -2.25. The van der Waals surface area contributed by atoms with Crippen LogP contribution in [0.5, 0.6) is 0 Å². The Morgan fingerprint density at radius 3 is 2.29 bits per heavy atom. The van der Waals surface area contributed by atoms with Gasteiger partial charge in [0.15, 0.2) is 5.69 Å². The molecule has 1 aromatic heterocycles. The number of aryl methyl sites for hydroxylation is 1. The quantitative estimate of drug-likeness (QED) is 0.789. The summed E-state index contributed by atoms with van der Waals surface area (Å²) in [6.07, 6.45) is 2.14. The van der Waals surface area contributed by atoms with E-state index in [1.807, 2.05) is 30.9 Å². The number of ether oxygens (including phenoxy) is 1. The molecule has 0 aliphatic carbocycles. The van der Waals surface area contributed by atoms with Crippen LogP contribution in [-0.2, 0) is 11.8 Å². The van der Waals surface area contributed by atoms with Crippen molar-refractivity contribution in [2.24, 2.45) is 7.05 Å². The van der Waals surface area contributed by atoms with Gasteiger partial charge in [-0.3, -0.25) is 14.5 Å². The van der Waals surface area contributed by atoms with Crippen molar-refractivity contribution in [3.05, 3.63) is 40.3 Å². The standard InChI is InChI=1S/C19H24N4O3.C2H6/c1-21-18(24)16-5-3-2-4-15(16)17(20-21)19(25)23-10-8-22(9-11-23)14-6-12-26-13-7-14;1-2/h2-5,14H,6-13H2,1H3;1-2H3. The summed E-state index contributed by atoms with van der Waals surface area (Å²) in [4.78, 5) is 29.7. The molecule has 2 fully saturated rings. The number of fused-ring (bicyclic) bond motifs is 1. The highest BCUT2D eigenvalue weighted by Gasteiger charge is 2.29. The molecular formula is C21H30N4O3. The molecule has 2 saturated heterocycles. The van der Waals surface area contributed by atoms with E-state index in [0.717, 1.165) is 39.1 Å². The number of amides is 1. The van der Waals surface area contributed by atoms with Gasteiger partial charge in [-0.25, -0.2) is 4.68 Å². The maximum absolute atomic E-state index is 13.1. The predicted octanol–water partition coefficient (Wildman–Crippen LogP) is 1.90. The van der Waals surface area contributed by atoms with Gasteiger partial charge >= 0.3 is 0 Å². The van der Waals surface area contributed by atoms with E-state index in [2.05, 4.69) is 10.00 Å². The average Bonchev–Trinajstić information content (AvgIpc) is 2.78. The molecule has 0 radical (unpaired) electrons. The topological polar surface area (TPSA) is 67.7 Å². The maximum atomic E-state index is 13.1. The number of aromatic nitrogens is 2. The number of rotatable bonds is 2. The highest BCUT2D eigenvalue weighted by molar-refractivity contribution is 6.04. The number of hydrogen-bond acceptors (Lipinski definition) is 5. The monoisotopic (exact) mass is 386 g/mol. The zero-order valence-electron chi connectivity index (χ0n) is 17.1. The van der Waals surface area contributed by atoms with E-state index in [-0.39, 0.29) is 11.5 Å². The molecule has 3 heterocycles. The summed E-state index contributed by atoms with van der Waals surface area (Å²) in [5.74, 6) is -0.0940. The first-order valence-corrected chi connectivity index (χ1v) is 10.2. The molecule has 1 aromatic carbocycles. The van der Waals surface area contributed by atoms with E-state index < -0.39 is 0 Å². The summed E-state index contributed by atoms with van der Waals surface area (Å²) in [7, 11) is 1.59. The van der Waals surface area contributed by atoms with E-state index in [4.69, 9.17) is 4.74 Å². The first-order valence-electron chi connectivity index (χ1n) is 10.2. The summed E-state index contributed by atoms with van der Waals surface area (Å²) in [5, 5.41) is 5.44. The van der Waals surface area contributed by atoms with Crippen LogP contribution in [0.4, 0.5) is 0 Å². The van der Waals surface area contributed by atoms with Crippen LogP contribution in [0, 0.1) is 0 Å². The lowest BCUT2D eigenvalue weighted by Crippen LogP contribution is -2.53. The summed E-state index contributed by atoms with van der Waals surface area (Å²) >= 11 is 0. The third kappa shape index (κ3) is 4.10. The molecule has 2 aliphatic heterocycles.